The smallest absolute Gasteiger partial charge is 0.255 e. The molecule has 10 heteroatoms. The molecular weight excluding hydrogens is 463 g/mol. The van der Waals surface area contributed by atoms with Crippen molar-refractivity contribution in [2.45, 2.75) is 6.10 Å². The first-order chi connectivity index (χ1) is 14.9. The first-order valence-corrected chi connectivity index (χ1v) is 10.6. The van der Waals surface area contributed by atoms with Crippen molar-refractivity contribution in [3.8, 4) is 17.0 Å². The van der Waals surface area contributed by atoms with Crippen molar-refractivity contribution in [3.05, 3.63) is 67.6 Å². The summed E-state index contributed by atoms with van der Waals surface area (Å²) in [5.74, 6) is 1.15. The number of methoxy groups -OCH3 is 1. The van der Waals surface area contributed by atoms with E-state index in [2.05, 4.69) is 4.98 Å². The molecule has 0 spiro atoms. The average Bonchev–Trinajstić information content (AvgIpc) is 2.77. The van der Waals surface area contributed by atoms with Crippen LogP contribution >= 0.6 is 34.8 Å². The summed E-state index contributed by atoms with van der Waals surface area (Å²) in [5.41, 5.74) is 1.64. The van der Waals surface area contributed by atoms with Crippen molar-refractivity contribution in [1.29, 1.82) is 0 Å². The minimum absolute atomic E-state index is 0.157. The van der Waals surface area contributed by atoms with Gasteiger partial charge in [-0.3, -0.25) is 9.36 Å². The number of hydrogen-bond donors (Lipinski definition) is 0. The molecule has 7 nitrogen and oxygen atoms in total. The maximum Gasteiger partial charge on any atom is 0.255 e. The third-order valence-electron chi connectivity index (χ3n) is 5.13. The second-order valence-electron chi connectivity index (χ2n) is 6.99. The standard InChI is InChI=1S/C21H19Cl3N4O3/c1-27-18(29)10-15(13-5-6-25-20(24)19(13)23)26-21(27)28-7-8-31-17(11-28)14-4-3-12(22)9-16(14)30-2/h3-6,9-10,17H,7-8,11H2,1-2H3/t17-/m1/s1. The number of aromatic nitrogens is 3. The molecule has 1 aromatic carbocycles. The van der Waals surface area contributed by atoms with Gasteiger partial charge >= 0.3 is 0 Å². The fraction of sp³-hybridized carbons (Fsp3) is 0.286. The fourth-order valence-electron chi connectivity index (χ4n) is 3.53. The lowest BCUT2D eigenvalue weighted by Gasteiger charge is -2.35. The maximum absolute atomic E-state index is 12.7. The van der Waals surface area contributed by atoms with Crippen molar-refractivity contribution in [3.63, 3.8) is 0 Å². The number of hydrogen-bond acceptors (Lipinski definition) is 6. The molecule has 4 rings (SSSR count). The predicted octanol–water partition coefficient (Wildman–Crippen LogP) is 4.39. The van der Waals surface area contributed by atoms with Crippen molar-refractivity contribution in [1.82, 2.24) is 14.5 Å². The van der Waals surface area contributed by atoms with Gasteiger partial charge in [0, 0.05) is 42.0 Å². The Morgan fingerprint density at radius 2 is 2.00 bits per heavy atom. The summed E-state index contributed by atoms with van der Waals surface area (Å²) in [4.78, 5) is 23.4. The molecule has 0 radical (unpaired) electrons. The van der Waals surface area contributed by atoms with E-state index in [4.69, 9.17) is 49.3 Å². The summed E-state index contributed by atoms with van der Waals surface area (Å²) in [7, 11) is 3.27. The first kappa shape index (κ1) is 21.9. The number of rotatable bonds is 4. The monoisotopic (exact) mass is 480 g/mol. The van der Waals surface area contributed by atoms with E-state index in [1.165, 1.54) is 16.8 Å². The van der Waals surface area contributed by atoms with Crippen LogP contribution in [0.15, 0.2) is 41.3 Å². The number of benzene rings is 1. The number of nitrogens with zero attached hydrogens (tertiary/aromatic N) is 4. The lowest BCUT2D eigenvalue weighted by Crippen LogP contribution is -2.41. The molecule has 0 bridgehead atoms. The van der Waals surface area contributed by atoms with Gasteiger partial charge in [-0.05, 0) is 18.2 Å². The first-order valence-electron chi connectivity index (χ1n) is 9.47. The Hall–Kier alpha value is -2.32. The van der Waals surface area contributed by atoms with Crippen LogP contribution in [-0.2, 0) is 11.8 Å². The molecule has 0 unspecified atom stereocenters. The molecule has 31 heavy (non-hydrogen) atoms. The molecule has 1 aliphatic heterocycles. The van der Waals surface area contributed by atoms with Gasteiger partial charge in [0.25, 0.3) is 5.56 Å². The van der Waals surface area contributed by atoms with Gasteiger partial charge in [-0.15, -0.1) is 0 Å². The number of ether oxygens (including phenoxy) is 2. The third-order valence-corrected chi connectivity index (χ3v) is 6.13. The summed E-state index contributed by atoms with van der Waals surface area (Å²) in [6.45, 7) is 1.51. The van der Waals surface area contributed by atoms with Crippen LogP contribution in [0, 0.1) is 0 Å². The van der Waals surface area contributed by atoms with E-state index in [0.717, 1.165) is 5.56 Å². The molecule has 1 atom stereocenters. The summed E-state index contributed by atoms with van der Waals surface area (Å²) in [6.07, 6.45) is 1.25. The van der Waals surface area contributed by atoms with Gasteiger partial charge in [-0.1, -0.05) is 40.9 Å². The number of pyridine rings is 1. The van der Waals surface area contributed by atoms with Crippen molar-refractivity contribution < 1.29 is 9.47 Å². The SMILES string of the molecule is COc1cc(Cl)ccc1[C@H]1CN(c2nc(-c3ccnc(Cl)c3Cl)cc(=O)n2C)CCO1. The topological polar surface area (TPSA) is 69.5 Å². The molecule has 0 amide bonds. The predicted molar refractivity (Wildman–Crippen MR) is 122 cm³/mol. The van der Waals surface area contributed by atoms with Crippen molar-refractivity contribution in [2.24, 2.45) is 7.05 Å². The summed E-state index contributed by atoms with van der Waals surface area (Å²) >= 11 is 18.4. The molecular formula is C21H19Cl3N4O3. The highest BCUT2D eigenvalue weighted by Crippen LogP contribution is 2.34. The molecule has 0 aliphatic carbocycles. The van der Waals surface area contributed by atoms with E-state index >= 15 is 0 Å². The van der Waals surface area contributed by atoms with Crippen LogP contribution in [0.25, 0.3) is 11.3 Å². The van der Waals surface area contributed by atoms with Crippen LogP contribution in [0.2, 0.25) is 15.2 Å². The zero-order valence-electron chi connectivity index (χ0n) is 16.8. The average molecular weight is 482 g/mol. The van der Waals surface area contributed by atoms with E-state index in [9.17, 15) is 4.79 Å². The highest BCUT2D eigenvalue weighted by molar-refractivity contribution is 6.42. The van der Waals surface area contributed by atoms with Gasteiger partial charge in [-0.25, -0.2) is 9.97 Å². The van der Waals surface area contributed by atoms with Gasteiger partial charge in [-0.2, -0.15) is 0 Å². The molecule has 0 saturated carbocycles. The van der Waals surface area contributed by atoms with E-state index < -0.39 is 0 Å². The van der Waals surface area contributed by atoms with E-state index in [-0.39, 0.29) is 21.8 Å². The van der Waals surface area contributed by atoms with Crippen molar-refractivity contribution in [2.75, 3.05) is 31.7 Å². The van der Waals surface area contributed by atoms with Crippen LogP contribution in [-0.4, -0.2) is 41.3 Å². The molecule has 1 saturated heterocycles. The Morgan fingerprint density at radius 1 is 1.19 bits per heavy atom. The summed E-state index contributed by atoms with van der Waals surface area (Å²) in [5, 5.41) is 0.990. The minimum Gasteiger partial charge on any atom is -0.496 e. The normalized spacial score (nSPS) is 16.4. The van der Waals surface area contributed by atoms with E-state index in [1.807, 2.05) is 11.0 Å². The second kappa shape index (κ2) is 9.04. The lowest BCUT2D eigenvalue weighted by molar-refractivity contribution is 0.0374. The Balaban J connectivity index is 1.72. The molecule has 162 valence electrons. The zero-order chi connectivity index (χ0) is 22.1. The van der Waals surface area contributed by atoms with Gasteiger partial charge in [0.15, 0.2) is 0 Å². The Morgan fingerprint density at radius 3 is 2.77 bits per heavy atom. The van der Waals surface area contributed by atoms with E-state index in [0.29, 0.717) is 47.7 Å². The highest BCUT2D eigenvalue weighted by Gasteiger charge is 2.27. The number of morpholine rings is 1. The Labute approximate surface area is 194 Å². The maximum atomic E-state index is 12.7. The second-order valence-corrected chi connectivity index (χ2v) is 8.17. The van der Waals surface area contributed by atoms with Gasteiger partial charge < -0.3 is 14.4 Å². The van der Waals surface area contributed by atoms with Crippen LogP contribution in [0.5, 0.6) is 5.75 Å². The summed E-state index contributed by atoms with van der Waals surface area (Å²) in [6, 6.07) is 8.55. The molecule has 3 aromatic rings. The Kier molecular flexibility index (Phi) is 6.39. The van der Waals surface area contributed by atoms with Crippen molar-refractivity contribution >= 4 is 40.8 Å². The summed E-state index contributed by atoms with van der Waals surface area (Å²) < 4.78 is 13.0. The molecule has 3 heterocycles. The van der Waals surface area contributed by atoms with Gasteiger partial charge in [0.2, 0.25) is 5.95 Å². The number of anilines is 1. The van der Waals surface area contributed by atoms with E-state index in [1.54, 1.807) is 32.4 Å². The molecule has 2 aromatic heterocycles. The lowest BCUT2D eigenvalue weighted by atomic mass is 10.1. The van der Waals surface area contributed by atoms with Gasteiger partial charge in [0.1, 0.15) is 17.0 Å². The quantitative estimate of drug-likeness (QED) is 0.515. The highest BCUT2D eigenvalue weighted by atomic mass is 35.5. The molecule has 1 aliphatic rings. The minimum atomic E-state index is -0.277. The molecule has 0 N–H and O–H groups in total. The van der Waals surface area contributed by atoms with Crippen LogP contribution in [0.3, 0.4) is 0 Å². The van der Waals surface area contributed by atoms with Gasteiger partial charge in [0.05, 0.1) is 31.0 Å². The number of halogens is 3. The van der Waals surface area contributed by atoms with Crippen LogP contribution < -0.4 is 15.2 Å². The third kappa shape index (κ3) is 4.36. The molecule has 1 fully saturated rings. The fourth-order valence-corrected chi connectivity index (χ4v) is 4.06. The largest absolute Gasteiger partial charge is 0.496 e. The zero-order valence-corrected chi connectivity index (χ0v) is 19.1. The Bertz CT molecular complexity index is 1190. The van der Waals surface area contributed by atoms with Crippen LogP contribution in [0.1, 0.15) is 11.7 Å². The van der Waals surface area contributed by atoms with Crippen LogP contribution in [0.4, 0.5) is 5.95 Å².